The largest absolute Gasteiger partial charge is 0.343 e. The number of fused-ring (bicyclic) bond motifs is 1. The molecule has 0 unspecified atom stereocenters. The van der Waals surface area contributed by atoms with E-state index in [4.69, 9.17) is 5.73 Å². The summed E-state index contributed by atoms with van der Waals surface area (Å²) in [6.07, 6.45) is 0.949. The summed E-state index contributed by atoms with van der Waals surface area (Å²) in [5, 5.41) is 4.46. The molecule has 2 aromatic heterocycles. The Balaban J connectivity index is 2.29. The summed E-state index contributed by atoms with van der Waals surface area (Å²) in [5.74, 6) is 0.753. The molecule has 0 spiro atoms. The number of nitrogens with two attached hydrogens (primary N) is 1. The Morgan fingerprint density at radius 2 is 2.25 bits per heavy atom. The van der Waals surface area contributed by atoms with Crippen LogP contribution in [0.3, 0.4) is 0 Å². The molecule has 2 aromatic rings. The molecule has 2 N–H and O–H groups in total. The number of pyridine rings is 1. The standard InChI is InChI=1S/C11H17N5/c1-9-5-3-6-10-13-11(14-16(9)10)15(2)8-4-7-12/h3,5-6H,4,7-8,12H2,1-2H3. The molecule has 2 rings (SSSR count). The van der Waals surface area contributed by atoms with Gasteiger partial charge in [0.05, 0.1) is 0 Å². The van der Waals surface area contributed by atoms with Gasteiger partial charge in [-0.3, -0.25) is 0 Å². The van der Waals surface area contributed by atoms with Gasteiger partial charge in [0.15, 0.2) is 5.65 Å². The van der Waals surface area contributed by atoms with Crippen LogP contribution in [0.4, 0.5) is 5.95 Å². The van der Waals surface area contributed by atoms with E-state index in [0.717, 1.165) is 30.3 Å². The van der Waals surface area contributed by atoms with Crippen LogP contribution >= 0.6 is 0 Å². The molecule has 0 aromatic carbocycles. The lowest BCUT2D eigenvalue weighted by Crippen LogP contribution is -2.22. The van der Waals surface area contributed by atoms with Crippen molar-refractivity contribution in [2.75, 3.05) is 25.0 Å². The minimum Gasteiger partial charge on any atom is -0.343 e. The number of nitrogens with zero attached hydrogens (tertiary/aromatic N) is 4. The first kappa shape index (κ1) is 10.9. The molecule has 86 valence electrons. The average Bonchev–Trinajstić information content (AvgIpc) is 2.71. The maximum Gasteiger partial charge on any atom is 0.245 e. The van der Waals surface area contributed by atoms with Gasteiger partial charge in [-0.15, -0.1) is 5.10 Å². The third kappa shape index (κ3) is 1.99. The summed E-state index contributed by atoms with van der Waals surface area (Å²) in [6.45, 7) is 3.59. The molecule has 5 nitrogen and oxygen atoms in total. The summed E-state index contributed by atoms with van der Waals surface area (Å²) in [6, 6.07) is 5.97. The predicted octanol–water partition coefficient (Wildman–Crippen LogP) is 0.823. The Morgan fingerprint density at radius 3 is 2.94 bits per heavy atom. The van der Waals surface area contributed by atoms with Crippen molar-refractivity contribution in [2.24, 2.45) is 5.73 Å². The highest BCUT2D eigenvalue weighted by Gasteiger charge is 2.08. The van der Waals surface area contributed by atoms with E-state index < -0.39 is 0 Å². The van der Waals surface area contributed by atoms with Gasteiger partial charge in [0.25, 0.3) is 0 Å². The third-order valence-corrected chi connectivity index (χ3v) is 2.58. The van der Waals surface area contributed by atoms with Crippen LogP contribution in [0.5, 0.6) is 0 Å². The van der Waals surface area contributed by atoms with Crippen LogP contribution in [0.25, 0.3) is 5.65 Å². The second kappa shape index (κ2) is 4.49. The fraction of sp³-hybridized carbons (Fsp3) is 0.455. The van der Waals surface area contributed by atoms with Gasteiger partial charge >= 0.3 is 0 Å². The molecule has 0 aliphatic rings. The van der Waals surface area contributed by atoms with Crippen LogP contribution in [0.1, 0.15) is 12.1 Å². The lowest BCUT2D eigenvalue weighted by atomic mass is 10.4. The Morgan fingerprint density at radius 1 is 1.44 bits per heavy atom. The number of hydrogen-bond acceptors (Lipinski definition) is 4. The summed E-state index contributed by atoms with van der Waals surface area (Å²) in [7, 11) is 1.99. The van der Waals surface area contributed by atoms with E-state index in [9.17, 15) is 0 Å². The Labute approximate surface area is 94.9 Å². The Bertz CT molecular complexity index is 476. The fourth-order valence-corrected chi connectivity index (χ4v) is 1.61. The van der Waals surface area contributed by atoms with Gasteiger partial charge in [-0.05, 0) is 32.0 Å². The van der Waals surface area contributed by atoms with E-state index in [2.05, 4.69) is 10.1 Å². The molecule has 0 saturated carbocycles. The van der Waals surface area contributed by atoms with Crippen molar-refractivity contribution in [1.82, 2.24) is 14.6 Å². The zero-order chi connectivity index (χ0) is 11.5. The first-order valence-electron chi connectivity index (χ1n) is 5.46. The minimum absolute atomic E-state index is 0.691. The molecular weight excluding hydrogens is 202 g/mol. The van der Waals surface area contributed by atoms with E-state index in [1.54, 1.807) is 0 Å². The van der Waals surface area contributed by atoms with Crippen molar-refractivity contribution in [2.45, 2.75) is 13.3 Å². The summed E-state index contributed by atoms with van der Waals surface area (Å²) in [5.41, 5.74) is 7.45. The molecule has 16 heavy (non-hydrogen) atoms. The van der Waals surface area contributed by atoms with Gasteiger partial charge in [-0.2, -0.15) is 4.98 Å². The number of anilines is 1. The average molecular weight is 219 g/mol. The van der Waals surface area contributed by atoms with Crippen molar-refractivity contribution in [1.29, 1.82) is 0 Å². The smallest absolute Gasteiger partial charge is 0.245 e. The molecule has 0 bridgehead atoms. The van der Waals surface area contributed by atoms with E-state index in [1.807, 2.05) is 41.6 Å². The normalized spacial score (nSPS) is 10.9. The van der Waals surface area contributed by atoms with E-state index in [-0.39, 0.29) is 0 Å². The number of hydrogen-bond donors (Lipinski definition) is 1. The molecule has 2 heterocycles. The van der Waals surface area contributed by atoms with Crippen LogP contribution in [0.15, 0.2) is 18.2 Å². The van der Waals surface area contributed by atoms with Crippen LogP contribution in [-0.4, -0.2) is 34.7 Å². The minimum atomic E-state index is 0.691. The van der Waals surface area contributed by atoms with Crippen LogP contribution in [-0.2, 0) is 0 Å². The molecule has 0 atom stereocenters. The van der Waals surface area contributed by atoms with Crippen molar-refractivity contribution in [3.05, 3.63) is 23.9 Å². The first-order chi connectivity index (χ1) is 7.72. The molecule has 0 fully saturated rings. The fourth-order valence-electron chi connectivity index (χ4n) is 1.61. The maximum atomic E-state index is 5.48. The molecule has 0 aliphatic heterocycles. The molecule has 0 amide bonds. The van der Waals surface area contributed by atoms with Crippen LogP contribution in [0.2, 0.25) is 0 Å². The summed E-state index contributed by atoms with van der Waals surface area (Å²) >= 11 is 0. The van der Waals surface area contributed by atoms with Crippen molar-refractivity contribution in [3.8, 4) is 0 Å². The molecule has 0 radical (unpaired) electrons. The number of aryl methyl sites for hydroxylation is 1. The predicted molar refractivity (Wildman–Crippen MR) is 64.7 cm³/mol. The van der Waals surface area contributed by atoms with Gasteiger partial charge in [-0.25, -0.2) is 4.52 Å². The lowest BCUT2D eigenvalue weighted by molar-refractivity contribution is 0.770. The number of rotatable bonds is 4. The van der Waals surface area contributed by atoms with Gasteiger partial charge in [0.2, 0.25) is 5.95 Å². The highest BCUT2D eigenvalue weighted by atomic mass is 15.4. The van der Waals surface area contributed by atoms with E-state index in [1.165, 1.54) is 0 Å². The molecule has 0 saturated heterocycles. The van der Waals surface area contributed by atoms with Gasteiger partial charge in [0.1, 0.15) is 0 Å². The van der Waals surface area contributed by atoms with E-state index >= 15 is 0 Å². The van der Waals surface area contributed by atoms with Crippen molar-refractivity contribution in [3.63, 3.8) is 0 Å². The Hall–Kier alpha value is -1.62. The van der Waals surface area contributed by atoms with Gasteiger partial charge in [0, 0.05) is 19.3 Å². The van der Waals surface area contributed by atoms with Gasteiger partial charge in [-0.1, -0.05) is 6.07 Å². The molecule has 5 heteroatoms. The lowest BCUT2D eigenvalue weighted by Gasteiger charge is -2.12. The molecule has 0 aliphatic carbocycles. The zero-order valence-electron chi connectivity index (χ0n) is 9.72. The van der Waals surface area contributed by atoms with Gasteiger partial charge < -0.3 is 10.6 Å². The third-order valence-electron chi connectivity index (χ3n) is 2.58. The highest BCUT2D eigenvalue weighted by molar-refractivity contribution is 5.45. The van der Waals surface area contributed by atoms with Crippen molar-refractivity contribution >= 4 is 11.6 Å². The second-order valence-corrected chi connectivity index (χ2v) is 3.91. The second-order valence-electron chi connectivity index (χ2n) is 3.91. The summed E-state index contributed by atoms with van der Waals surface area (Å²) < 4.78 is 1.86. The van der Waals surface area contributed by atoms with Crippen LogP contribution < -0.4 is 10.6 Å². The maximum absolute atomic E-state index is 5.48. The van der Waals surface area contributed by atoms with Crippen LogP contribution in [0, 0.1) is 6.92 Å². The first-order valence-corrected chi connectivity index (χ1v) is 5.46. The number of aromatic nitrogens is 3. The monoisotopic (exact) mass is 219 g/mol. The quantitative estimate of drug-likeness (QED) is 0.827. The SMILES string of the molecule is Cc1cccc2nc(N(C)CCCN)nn12. The molecular formula is C11H17N5. The summed E-state index contributed by atoms with van der Waals surface area (Å²) in [4.78, 5) is 6.49. The topological polar surface area (TPSA) is 59.5 Å². The highest BCUT2D eigenvalue weighted by Crippen LogP contribution is 2.10. The Kier molecular flexibility index (Phi) is 3.05. The zero-order valence-corrected chi connectivity index (χ0v) is 9.72. The van der Waals surface area contributed by atoms with Crippen molar-refractivity contribution < 1.29 is 0 Å². The van der Waals surface area contributed by atoms with E-state index in [0.29, 0.717) is 6.54 Å².